The molecule has 0 aromatic carbocycles. The number of furan rings is 1. The number of nitrogens with zero attached hydrogens (tertiary/aromatic N) is 2. The summed E-state index contributed by atoms with van der Waals surface area (Å²) in [5.41, 5.74) is 1.16. The van der Waals surface area contributed by atoms with Crippen molar-refractivity contribution >= 4 is 23.4 Å². The monoisotopic (exact) mass is 240 g/mol. The van der Waals surface area contributed by atoms with Crippen LogP contribution in [0.15, 0.2) is 34.2 Å². The molecular formula is C10H9ClN2OS. The first-order valence-corrected chi connectivity index (χ1v) is 5.75. The second-order valence-corrected chi connectivity index (χ2v) is 4.38. The minimum absolute atomic E-state index is 0.411. The molecule has 0 bridgehead atoms. The van der Waals surface area contributed by atoms with Gasteiger partial charge in [0, 0.05) is 0 Å². The molecule has 0 aliphatic rings. The Kier molecular flexibility index (Phi) is 3.28. The normalized spacial score (nSPS) is 10.5. The molecule has 2 aromatic rings. The first kappa shape index (κ1) is 10.5. The van der Waals surface area contributed by atoms with E-state index in [-0.39, 0.29) is 0 Å². The number of rotatable bonds is 3. The van der Waals surface area contributed by atoms with Crippen molar-refractivity contribution < 1.29 is 4.42 Å². The average molecular weight is 241 g/mol. The van der Waals surface area contributed by atoms with Crippen LogP contribution in [-0.2, 0) is 5.75 Å². The quantitative estimate of drug-likeness (QED) is 0.772. The van der Waals surface area contributed by atoms with Gasteiger partial charge in [-0.05, 0) is 18.6 Å². The fourth-order valence-electron chi connectivity index (χ4n) is 1.07. The molecule has 0 fully saturated rings. The van der Waals surface area contributed by atoms with Crippen molar-refractivity contribution in [1.29, 1.82) is 0 Å². The van der Waals surface area contributed by atoms with Crippen LogP contribution in [0.2, 0.25) is 5.15 Å². The highest BCUT2D eigenvalue weighted by atomic mass is 35.5. The molecule has 0 saturated heterocycles. The number of halogens is 1. The van der Waals surface area contributed by atoms with Gasteiger partial charge in [-0.3, -0.25) is 0 Å². The molecule has 0 aliphatic carbocycles. The third kappa shape index (κ3) is 2.73. The third-order valence-electron chi connectivity index (χ3n) is 1.92. The molecule has 2 heterocycles. The first-order valence-electron chi connectivity index (χ1n) is 4.39. The van der Waals surface area contributed by atoms with Crippen LogP contribution in [0.5, 0.6) is 0 Å². The molecule has 0 amide bonds. The van der Waals surface area contributed by atoms with Crippen molar-refractivity contribution in [3.8, 4) is 0 Å². The maximum Gasteiger partial charge on any atom is 0.147 e. The smallest absolute Gasteiger partial charge is 0.147 e. The SMILES string of the molecule is Cc1ccoc1CSc1cnc(Cl)cn1. The van der Waals surface area contributed by atoms with Crippen LogP contribution >= 0.6 is 23.4 Å². The fourth-order valence-corrected chi connectivity index (χ4v) is 1.99. The minimum Gasteiger partial charge on any atom is -0.468 e. The second-order valence-electron chi connectivity index (χ2n) is 2.99. The number of hydrogen-bond acceptors (Lipinski definition) is 4. The van der Waals surface area contributed by atoms with E-state index < -0.39 is 0 Å². The Morgan fingerprint density at radius 1 is 1.40 bits per heavy atom. The second kappa shape index (κ2) is 4.68. The molecule has 0 spiro atoms. The largest absolute Gasteiger partial charge is 0.468 e. The van der Waals surface area contributed by atoms with E-state index in [1.807, 2.05) is 13.0 Å². The van der Waals surface area contributed by atoms with Crippen molar-refractivity contribution in [2.24, 2.45) is 0 Å². The number of aryl methyl sites for hydroxylation is 1. The van der Waals surface area contributed by atoms with Crippen molar-refractivity contribution in [3.63, 3.8) is 0 Å². The molecule has 0 saturated carbocycles. The van der Waals surface area contributed by atoms with Crippen LogP contribution in [-0.4, -0.2) is 9.97 Å². The van der Waals surface area contributed by atoms with E-state index in [0.29, 0.717) is 5.15 Å². The lowest BCUT2D eigenvalue weighted by Gasteiger charge is -1.98. The van der Waals surface area contributed by atoms with E-state index in [2.05, 4.69) is 9.97 Å². The standard InChI is InChI=1S/C10H9ClN2OS/c1-7-2-3-14-8(7)6-15-10-5-12-9(11)4-13-10/h2-5H,6H2,1H3. The minimum atomic E-state index is 0.411. The van der Waals surface area contributed by atoms with Gasteiger partial charge in [-0.25, -0.2) is 9.97 Å². The van der Waals surface area contributed by atoms with E-state index in [1.165, 1.54) is 0 Å². The molecule has 5 heteroatoms. The lowest BCUT2D eigenvalue weighted by molar-refractivity contribution is 0.528. The van der Waals surface area contributed by atoms with Crippen molar-refractivity contribution in [1.82, 2.24) is 9.97 Å². The van der Waals surface area contributed by atoms with Crippen LogP contribution in [0.3, 0.4) is 0 Å². The lowest BCUT2D eigenvalue weighted by Crippen LogP contribution is -1.85. The number of thioether (sulfide) groups is 1. The predicted molar refractivity (Wildman–Crippen MR) is 60.0 cm³/mol. The average Bonchev–Trinajstić information content (AvgIpc) is 2.63. The first-order chi connectivity index (χ1) is 7.25. The van der Waals surface area contributed by atoms with E-state index in [9.17, 15) is 0 Å². The van der Waals surface area contributed by atoms with Crippen molar-refractivity contribution in [2.45, 2.75) is 17.7 Å². The van der Waals surface area contributed by atoms with Crippen LogP contribution in [0.1, 0.15) is 11.3 Å². The maximum atomic E-state index is 5.64. The molecule has 2 rings (SSSR count). The van der Waals surface area contributed by atoms with Gasteiger partial charge in [-0.2, -0.15) is 0 Å². The van der Waals surface area contributed by atoms with Gasteiger partial charge in [-0.15, -0.1) is 0 Å². The summed E-state index contributed by atoms with van der Waals surface area (Å²) in [4.78, 5) is 8.09. The van der Waals surface area contributed by atoms with E-state index in [0.717, 1.165) is 22.1 Å². The van der Waals surface area contributed by atoms with Gasteiger partial charge in [0.1, 0.15) is 15.9 Å². The summed E-state index contributed by atoms with van der Waals surface area (Å²) in [5.74, 6) is 1.73. The van der Waals surface area contributed by atoms with Gasteiger partial charge in [-0.1, -0.05) is 23.4 Å². The third-order valence-corrected chi connectivity index (χ3v) is 3.02. The molecule has 0 radical (unpaired) electrons. The van der Waals surface area contributed by atoms with Crippen LogP contribution in [0, 0.1) is 6.92 Å². The highest BCUT2D eigenvalue weighted by Gasteiger charge is 2.03. The molecule has 2 aromatic heterocycles. The topological polar surface area (TPSA) is 38.9 Å². The van der Waals surface area contributed by atoms with Crippen LogP contribution < -0.4 is 0 Å². The lowest BCUT2D eigenvalue weighted by atomic mass is 10.3. The van der Waals surface area contributed by atoms with E-state index in [1.54, 1.807) is 30.4 Å². The summed E-state index contributed by atoms with van der Waals surface area (Å²) < 4.78 is 5.31. The molecule has 0 unspecified atom stereocenters. The molecule has 3 nitrogen and oxygen atoms in total. The van der Waals surface area contributed by atoms with Crippen molar-refractivity contribution in [2.75, 3.05) is 0 Å². The van der Waals surface area contributed by atoms with Gasteiger partial charge < -0.3 is 4.42 Å². The molecule has 15 heavy (non-hydrogen) atoms. The van der Waals surface area contributed by atoms with Crippen molar-refractivity contribution in [3.05, 3.63) is 41.2 Å². The van der Waals surface area contributed by atoms with Gasteiger partial charge in [0.05, 0.1) is 24.4 Å². The maximum absolute atomic E-state index is 5.64. The van der Waals surface area contributed by atoms with Gasteiger partial charge in [0.2, 0.25) is 0 Å². The highest BCUT2D eigenvalue weighted by Crippen LogP contribution is 2.22. The Balaban J connectivity index is 1.99. The number of aromatic nitrogens is 2. The Morgan fingerprint density at radius 3 is 2.87 bits per heavy atom. The summed E-state index contributed by atoms with van der Waals surface area (Å²) in [6, 6.07) is 1.95. The molecule has 0 N–H and O–H groups in total. The van der Waals surface area contributed by atoms with Gasteiger partial charge in [0.25, 0.3) is 0 Å². The van der Waals surface area contributed by atoms with Crippen LogP contribution in [0.4, 0.5) is 0 Å². The molecule has 78 valence electrons. The summed E-state index contributed by atoms with van der Waals surface area (Å²) in [6.45, 7) is 2.02. The summed E-state index contributed by atoms with van der Waals surface area (Å²) in [7, 11) is 0. The Labute approximate surface area is 96.9 Å². The van der Waals surface area contributed by atoms with E-state index >= 15 is 0 Å². The summed E-state index contributed by atoms with van der Waals surface area (Å²) >= 11 is 7.21. The van der Waals surface area contributed by atoms with E-state index in [4.69, 9.17) is 16.0 Å². The van der Waals surface area contributed by atoms with Gasteiger partial charge in [0.15, 0.2) is 0 Å². The zero-order valence-electron chi connectivity index (χ0n) is 8.11. The molecule has 0 atom stereocenters. The highest BCUT2D eigenvalue weighted by molar-refractivity contribution is 7.98. The Bertz CT molecular complexity index is 441. The summed E-state index contributed by atoms with van der Waals surface area (Å²) in [6.07, 6.45) is 4.89. The molecular weight excluding hydrogens is 232 g/mol. The summed E-state index contributed by atoms with van der Waals surface area (Å²) in [5, 5.41) is 1.25. The van der Waals surface area contributed by atoms with Gasteiger partial charge >= 0.3 is 0 Å². The molecule has 0 aliphatic heterocycles. The fraction of sp³-hybridized carbons (Fsp3) is 0.200. The predicted octanol–water partition coefficient (Wildman–Crippen LogP) is 3.32. The Hall–Kier alpha value is -1.00. The zero-order valence-corrected chi connectivity index (χ0v) is 9.68. The van der Waals surface area contributed by atoms with Crippen LogP contribution in [0.25, 0.3) is 0 Å². The zero-order chi connectivity index (χ0) is 10.7. The number of hydrogen-bond donors (Lipinski definition) is 0. The Morgan fingerprint density at radius 2 is 2.27 bits per heavy atom.